The van der Waals surface area contributed by atoms with Crippen LogP contribution in [0, 0.1) is 56.7 Å². The molecule has 6 aliphatic rings. The molecule has 1 saturated heterocycles. The molecular formula is C37H61NO4. The predicted octanol–water partition coefficient (Wildman–Crippen LogP) is 7.27. The van der Waals surface area contributed by atoms with Gasteiger partial charge in [-0.15, -0.1) is 0 Å². The molecule has 0 aromatic carbocycles. The van der Waals surface area contributed by atoms with Gasteiger partial charge >= 0.3 is 5.97 Å². The number of morpholine rings is 1. The lowest BCUT2D eigenvalue weighted by molar-refractivity contribution is -0.248. The van der Waals surface area contributed by atoms with E-state index in [0.29, 0.717) is 36.2 Å². The van der Waals surface area contributed by atoms with Gasteiger partial charge in [0.2, 0.25) is 0 Å². The van der Waals surface area contributed by atoms with Crippen LogP contribution in [0.1, 0.15) is 112 Å². The number of allylic oxidation sites excluding steroid dienone is 1. The summed E-state index contributed by atoms with van der Waals surface area (Å²) in [6.45, 7) is 24.4. The lowest BCUT2D eigenvalue weighted by Crippen LogP contribution is -2.67. The summed E-state index contributed by atoms with van der Waals surface area (Å²) in [5, 5.41) is 11.0. The maximum Gasteiger partial charge on any atom is 0.312 e. The molecule has 0 radical (unpaired) electrons. The number of aliphatic hydroxyl groups is 1. The van der Waals surface area contributed by atoms with Crippen molar-refractivity contribution < 1.29 is 19.4 Å². The quantitative estimate of drug-likeness (QED) is 0.202. The Kier molecular flexibility index (Phi) is 8.04. The fraction of sp³-hybridized carbons (Fsp3) is 0.919. The average molecular weight is 584 g/mol. The van der Waals surface area contributed by atoms with Crippen molar-refractivity contribution in [3.63, 3.8) is 0 Å². The number of carbonyl (C=O) groups is 1. The van der Waals surface area contributed by atoms with Gasteiger partial charge in [0.05, 0.1) is 31.3 Å². The first-order chi connectivity index (χ1) is 19.8. The van der Waals surface area contributed by atoms with Crippen LogP contribution in [0.25, 0.3) is 0 Å². The number of ether oxygens (including phenoxy) is 2. The Hall–Kier alpha value is -0.910. The summed E-state index contributed by atoms with van der Waals surface area (Å²) < 4.78 is 11.7. The molecule has 0 spiro atoms. The molecule has 5 nitrogen and oxygen atoms in total. The maximum atomic E-state index is 14.2. The Balaban J connectivity index is 1.24. The number of fused-ring (bicyclic) bond motifs is 7. The fourth-order valence-electron chi connectivity index (χ4n) is 12.9. The molecule has 5 heteroatoms. The van der Waals surface area contributed by atoms with Gasteiger partial charge < -0.3 is 14.6 Å². The Morgan fingerprint density at radius 2 is 1.64 bits per heavy atom. The van der Waals surface area contributed by atoms with Gasteiger partial charge in [0, 0.05) is 19.6 Å². The molecule has 5 aliphatic carbocycles. The second-order valence-corrected chi connectivity index (χ2v) is 17.2. The van der Waals surface area contributed by atoms with Crippen molar-refractivity contribution >= 4 is 5.97 Å². The third-order valence-electron chi connectivity index (χ3n) is 15.4. The lowest BCUT2D eigenvalue weighted by Gasteiger charge is -2.72. The van der Waals surface area contributed by atoms with Crippen LogP contribution in [0.2, 0.25) is 0 Å². The first-order valence-corrected chi connectivity index (χ1v) is 17.6. The zero-order chi connectivity index (χ0) is 30.1. The highest BCUT2D eigenvalue weighted by Crippen LogP contribution is 2.77. The van der Waals surface area contributed by atoms with Gasteiger partial charge in [-0.2, -0.15) is 0 Å². The minimum atomic E-state index is -0.339. The smallest absolute Gasteiger partial charge is 0.312 e. The van der Waals surface area contributed by atoms with Crippen molar-refractivity contribution in [1.29, 1.82) is 0 Å². The molecule has 0 aromatic heterocycles. The molecule has 42 heavy (non-hydrogen) atoms. The Morgan fingerprint density at radius 3 is 2.36 bits per heavy atom. The van der Waals surface area contributed by atoms with Crippen molar-refractivity contribution in [2.24, 2.45) is 56.7 Å². The maximum absolute atomic E-state index is 14.2. The van der Waals surface area contributed by atoms with Gasteiger partial charge in [-0.3, -0.25) is 9.69 Å². The van der Waals surface area contributed by atoms with Crippen LogP contribution in [0.4, 0.5) is 0 Å². The molecule has 1 heterocycles. The van der Waals surface area contributed by atoms with Crippen LogP contribution < -0.4 is 0 Å². The van der Waals surface area contributed by atoms with E-state index >= 15 is 0 Å². The highest BCUT2D eigenvalue weighted by Gasteiger charge is 2.72. The molecule has 10 atom stereocenters. The average Bonchev–Trinajstić information content (AvgIpc) is 3.36. The van der Waals surface area contributed by atoms with Crippen LogP contribution in [0.5, 0.6) is 0 Å². The van der Waals surface area contributed by atoms with Crippen LogP contribution in [-0.2, 0) is 14.3 Å². The van der Waals surface area contributed by atoms with Crippen molar-refractivity contribution in [2.45, 2.75) is 118 Å². The SMILES string of the molecule is C=C(C)C1CCC2(C(=O)OCCCN3CCOCC3)CCC3(C)C(CCC4C5(C)CCC(O)C(C)(C)C5CCC43C)C12. The molecule has 1 aliphatic heterocycles. The van der Waals surface area contributed by atoms with Gasteiger partial charge in [0.1, 0.15) is 0 Å². The molecular weight excluding hydrogens is 522 g/mol. The van der Waals surface area contributed by atoms with Gasteiger partial charge in [0.25, 0.3) is 0 Å². The summed E-state index contributed by atoms with van der Waals surface area (Å²) in [4.78, 5) is 16.6. The van der Waals surface area contributed by atoms with Crippen LogP contribution in [-0.4, -0.2) is 61.5 Å². The fourth-order valence-corrected chi connectivity index (χ4v) is 12.9. The third-order valence-corrected chi connectivity index (χ3v) is 15.4. The highest BCUT2D eigenvalue weighted by molar-refractivity contribution is 5.78. The number of hydrogen-bond donors (Lipinski definition) is 1. The summed E-state index contributed by atoms with van der Waals surface area (Å²) in [5.41, 5.74) is 1.67. The normalized spacial score (nSPS) is 48.4. The van der Waals surface area contributed by atoms with Crippen LogP contribution in [0.15, 0.2) is 12.2 Å². The lowest BCUT2D eigenvalue weighted by atomic mass is 9.32. The minimum Gasteiger partial charge on any atom is -0.465 e. The predicted molar refractivity (Wildman–Crippen MR) is 168 cm³/mol. The van der Waals surface area contributed by atoms with Crippen molar-refractivity contribution in [1.82, 2.24) is 4.90 Å². The standard InChI is InChI=1S/C37H61NO4/c1-25(2)26-11-16-37(32(40)42-22-8-19-38-20-23-41-24-21-38)18-17-35(6)27(31(26)37)9-10-29-34(5)14-13-30(39)33(3,4)28(34)12-15-36(29,35)7/h26-31,39H,1,8-24H2,2-7H3. The Morgan fingerprint density at radius 1 is 0.905 bits per heavy atom. The van der Waals surface area contributed by atoms with E-state index in [2.05, 4.69) is 53.0 Å². The number of hydrogen-bond acceptors (Lipinski definition) is 5. The molecule has 6 fully saturated rings. The van der Waals surface area contributed by atoms with E-state index in [1.165, 1.54) is 31.3 Å². The number of aliphatic hydroxyl groups excluding tert-OH is 1. The van der Waals surface area contributed by atoms with Gasteiger partial charge in [-0.05, 0) is 129 Å². The zero-order valence-corrected chi connectivity index (χ0v) is 27.8. The summed E-state index contributed by atoms with van der Waals surface area (Å²) in [5.74, 6) is 2.68. The summed E-state index contributed by atoms with van der Waals surface area (Å²) in [6, 6.07) is 0. The highest BCUT2D eigenvalue weighted by atomic mass is 16.5. The Labute approximate surface area is 256 Å². The summed E-state index contributed by atoms with van der Waals surface area (Å²) in [6.07, 6.45) is 11.9. The van der Waals surface area contributed by atoms with E-state index in [-0.39, 0.29) is 39.1 Å². The van der Waals surface area contributed by atoms with Crippen molar-refractivity contribution in [3.8, 4) is 0 Å². The van der Waals surface area contributed by atoms with E-state index in [9.17, 15) is 9.90 Å². The number of rotatable bonds is 6. The molecule has 10 unspecified atom stereocenters. The summed E-state index contributed by atoms with van der Waals surface area (Å²) in [7, 11) is 0. The first-order valence-electron chi connectivity index (χ1n) is 17.6. The minimum absolute atomic E-state index is 0.0180. The molecule has 5 saturated carbocycles. The molecule has 0 aromatic rings. The van der Waals surface area contributed by atoms with E-state index < -0.39 is 0 Å². The second kappa shape index (κ2) is 10.9. The van der Waals surface area contributed by atoms with Crippen LogP contribution in [0.3, 0.4) is 0 Å². The molecule has 0 bridgehead atoms. The van der Waals surface area contributed by atoms with Crippen LogP contribution >= 0.6 is 0 Å². The third kappa shape index (κ3) is 4.43. The van der Waals surface area contributed by atoms with E-state index in [1.54, 1.807) is 0 Å². The van der Waals surface area contributed by atoms with E-state index in [0.717, 1.165) is 77.8 Å². The van der Waals surface area contributed by atoms with E-state index in [4.69, 9.17) is 9.47 Å². The monoisotopic (exact) mass is 583 g/mol. The van der Waals surface area contributed by atoms with Crippen molar-refractivity contribution in [3.05, 3.63) is 12.2 Å². The molecule has 238 valence electrons. The summed E-state index contributed by atoms with van der Waals surface area (Å²) >= 11 is 0. The second-order valence-electron chi connectivity index (χ2n) is 17.2. The molecule has 1 N–H and O–H groups in total. The van der Waals surface area contributed by atoms with Gasteiger partial charge in [-0.25, -0.2) is 0 Å². The van der Waals surface area contributed by atoms with Crippen molar-refractivity contribution in [2.75, 3.05) is 39.5 Å². The Bertz CT molecular complexity index is 1050. The van der Waals surface area contributed by atoms with E-state index in [1.807, 2.05) is 0 Å². The molecule has 6 rings (SSSR count). The first kappa shape index (κ1) is 31.1. The number of carbonyl (C=O) groups excluding carboxylic acids is 1. The number of nitrogens with zero attached hydrogens (tertiary/aromatic N) is 1. The topological polar surface area (TPSA) is 59.0 Å². The zero-order valence-electron chi connectivity index (χ0n) is 27.8. The van der Waals surface area contributed by atoms with Gasteiger partial charge in [-0.1, -0.05) is 46.8 Å². The molecule has 0 amide bonds. The number of esters is 1. The largest absolute Gasteiger partial charge is 0.465 e. The van der Waals surface area contributed by atoms with Gasteiger partial charge in [0.15, 0.2) is 0 Å².